The van der Waals surface area contributed by atoms with Crippen molar-refractivity contribution in [2.75, 3.05) is 46.8 Å². The first-order valence-corrected chi connectivity index (χ1v) is 32.0. The summed E-state index contributed by atoms with van der Waals surface area (Å²) in [5, 5.41) is 19.5. The Hall–Kier alpha value is -9.24. The number of benzene rings is 2. The predicted octanol–water partition coefficient (Wildman–Crippen LogP) is 5.91. The average Bonchev–Trinajstić information content (AvgIpc) is 1.56. The summed E-state index contributed by atoms with van der Waals surface area (Å²) >= 11 is 0. The summed E-state index contributed by atoms with van der Waals surface area (Å²) in [6, 6.07) is 4.81. The monoisotopic (exact) mass is 1350 g/mol. The van der Waals surface area contributed by atoms with Gasteiger partial charge in [-0.25, -0.2) is 19.2 Å². The van der Waals surface area contributed by atoms with Crippen LogP contribution in [-0.2, 0) is 85.9 Å². The van der Waals surface area contributed by atoms with E-state index in [0.29, 0.717) is 16.8 Å². The number of para-hydroxylation sites is 1. The van der Waals surface area contributed by atoms with E-state index in [1.807, 2.05) is 69.8 Å². The Morgan fingerprint density at radius 3 is 1.82 bits per heavy atom. The average molecular weight is 1350 g/mol. The Labute approximate surface area is 563 Å². The van der Waals surface area contributed by atoms with Crippen molar-refractivity contribution in [3.05, 3.63) is 77.5 Å². The SMILES string of the molecule is CCOC(=O)CC[C@@H](NC(=O)[C@@H](CCC(=O)OC)NC(=O)/C(C)=C/[C@H](C(C)C)N(C)C(=O)[C@@H](NC(=O)C(N(C)C(=O)OCc1ccc(NC(=O)[C@H](CCCNC(N)=O)NC(=O)[C@@H](NC(=O)OC(C)(C)C)C(C)C)cc1)C(C)(C)c1cn(C)c2ccccc12)C(C)(C)C)C(=O)OC. The maximum absolute atomic E-state index is 15.4. The summed E-state index contributed by atoms with van der Waals surface area (Å²) in [6.45, 7) is 24.0. The van der Waals surface area contributed by atoms with Gasteiger partial charge in [0, 0.05) is 74.3 Å². The number of nitrogens with zero attached hydrogens (tertiary/aromatic N) is 3. The molecule has 532 valence electrons. The fourth-order valence-corrected chi connectivity index (χ4v) is 10.6. The van der Waals surface area contributed by atoms with E-state index in [-0.39, 0.29) is 69.8 Å². The first-order valence-electron chi connectivity index (χ1n) is 32.0. The van der Waals surface area contributed by atoms with E-state index in [4.69, 9.17) is 29.4 Å². The summed E-state index contributed by atoms with van der Waals surface area (Å²) in [5.41, 5.74) is 4.65. The number of hydrogen-bond acceptors (Lipinski definition) is 17. The van der Waals surface area contributed by atoms with Crippen molar-refractivity contribution in [2.45, 2.75) is 195 Å². The number of rotatable bonds is 33. The molecule has 0 aliphatic heterocycles. The van der Waals surface area contributed by atoms with Gasteiger partial charge < -0.3 is 76.1 Å². The van der Waals surface area contributed by atoms with Crippen molar-refractivity contribution in [1.29, 1.82) is 0 Å². The van der Waals surface area contributed by atoms with Crippen LogP contribution in [0.2, 0.25) is 0 Å². The molecule has 0 spiro atoms. The van der Waals surface area contributed by atoms with Crippen LogP contribution in [0.1, 0.15) is 147 Å². The first kappa shape index (κ1) is 81.0. The van der Waals surface area contributed by atoms with E-state index in [1.165, 1.54) is 30.8 Å². The van der Waals surface area contributed by atoms with Gasteiger partial charge in [0.1, 0.15) is 48.5 Å². The van der Waals surface area contributed by atoms with Crippen molar-refractivity contribution in [2.24, 2.45) is 30.0 Å². The quantitative estimate of drug-likeness (QED) is 0.0152. The van der Waals surface area contributed by atoms with Gasteiger partial charge in [-0.05, 0) is 107 Å². The Kier molecular flexibility index (Phi) is 30.9. The Bertz CT molecular complexity index is 3250. The van der Waals surface area contributed by atoms with Crippen LogP contribution < -0.4 is 43.0 Å². The van der Waals surface area contributed by atoms with Crippen LogP contribution in [0, 0.1) is 17.3 Å². The molecule has 9 N–H and O–H groups in total. The van der Waals surface area contributed by atoms with Crippen LogP contribution in [0.5, 0.6) is 0 Å². The van der Waals surface area contributed by atoms with E-state index in [9.17, 15) is 47.9 Å². The lowest BCUT2D eigenvalue weighted by Crippen LogP contribution is -2.63. The minimum absolute atomic E-state index is 0.0654. The van der Waals surface area contributed by atoms with Crippen molar-refractivity contribution < 1.29 is 81.2 Å². The van der Waals surface area contributed by atoms with Gasteiger partial charge in [0.2, 0.25) is 35.4 Å². The number of carbonyl (C=O) groups is 12. The standard InChI is InChI=1S/C68H103N11O17/c1-20-94-52(81)34-32-48(62(88)93-19)74-58(84)47(31-33-51(80)92-18)72-56(82)41(6)36-50(39(2)3)78(16)61(87)54(66(7,8)9)76-60(86)55(68(13,14)45-37-77(15)49-26-22-21-24-44(45)49)79(17)65(91)95-38-42-27-29-43(30-28-42)71-57(83)46(25-23-35-70-63(69)89)73-59(85)53(40(4)5)75-64(90)96-67(10,11)12/h21-22,24,26-30,36-37,39-40,46-48,50,53-55H,20,23,25,31-35,38H2,1-19H3,(H,71,83)(H,72,82)(H,73,85)(H,74,84)(H,75,90)(H,76,86)(H3,69,70,89)/b41-36+/t46-,47+,48+,50+,53-,54+,55?/m0/s1. The number of aromatic nitrogens is 1. The van der Waals surface area contributed by atoms with E-state index >= 15 is 9.59 Å². The number of aryl methyl sites for hydroxylation is 1. The van der Waals surface area contributed by atoms with Crippen LogP contribution in [0.4, 0.5) is 20.1 Å². The van der Waals surface area contributed by atoms with Crippen LogP contribution in [0.3, 0.4) is 0 Å². The molecule has 28 nitrogen and oxygen atoms in total. The topological polar surface area (TPSA) is 373 Å². The number of anilines is 1. The van der Waals surface area contributed by atoms with Gasteiger partial charge >= 0.3 is 36.1 Å². The largest absolute Gasteiger partial charge is 0.469 e. The second-order valence-electron chi connectivity index (χ2n) is 26.9. The summed E-state index contributed by atoms with van der Waals surface area (Å²) in [5.74, 6) is -7.05. The number of amides is 10. The lowest BCUT2D eigenvalue weighted by molar-refractivity contribution is -0.148. The molecule has 28 heteroatoms. The van der Waals surface area contributed by atoms with Gasteiger partial charge in [-0.1, -0.05) is 98.7 Å². The number of likely N-dealkylation sites (N-methyl/N-ethyl adjacent to an activating group) is 2. The van der Waals surface area contributed by atoms with E-state index < -0.39 is 136 Å². The fraction of sp³-hybridized carbons (Fsp3) is 0.588. The number of nitrogens with one attached hydrogen (secondary N) is 7. The predicted molar refractivity (Wildman–Crippen MR) is 359 cm³/mol. The number of hydrogen-bond donors (Lipinski definition) is 8. The molecule has 1 unspecified atom stereocenters. The lowest BCUT2D eigenvalue weighted by Gasteiger charge is -2.42. The molecule has 7 atom stereocenters. The van der Waals surface area contributed by atoms with Crippen LogP contribution >= 0.6 is 0 Å². The molecule has 96 heavy (non-hydrogen) atoms. The molecule has 1 heterocycles. The van der Waals surface area contributed by atoms with Gasteiger partial charge in [-0.15, -0.1) is 0 Å². The third-order valence-electron chi connectivity index (χ3n) is 15.9. The number of esters is 3. The minimum Gasteiger partial charge on any atom is -0.469 e. The van der Waals surface area contributed by atoms with Gasteiger partial charge in [0.15, 0.2) is 0 Å². The number of carbonyl (C=O) groups excluding carboxylic acids is 12. The van der Waals surface area contributed by atoms with E-state index in [1.54, 1.807) is 92.7 Å². The van der Waals surface area contributed by atoms with Gasteiger partial charge in [-0.2, -0.15) is 0 Å². The highest BCUT2D eigenvalue weighted by Gasteiger charge is 2.47. The molecule has 10 amide bonds. The Morgan fingerprint density at radius 1 is 0.667 bits per heavy atom. The third kappa shape index (κ3) is 24.5. The summed E-state index contributed by atoms with van der Waals surface area (Å²) < 4.78 is 27.8. The molecule has 2 aromatic carbocycles. The van der Waals surface area contributed by atoms with Crippen molar-refractivity contribution >= 4 is 88.2 Å². The molecule has 0 aliphatic carbocycles. The molecular formula is C68H103N11O17. The number of ether oxygens (including phenoxy) is 5. The van der Waals surface area contributed by atoms with Crippen molar-refractivity contribution in [1.82, 2.24) is 46.3 Å². The van der Waals surface area contributed by atoms with E-state index in [0.717, 1.165) is 25.1 Å². The second kappa shape index (κ2) is 36.6. The highest BCUT2D eigenvalue weighted by atomic mass is 16.6. The Morgan fingerprint density at radius 2 is 1.26 bits per heavy atom. The lowest BCUT2D eigenvalue weighted by atomic mass is 9.76. The van der Waals surface area contributed by atoms with Crippen molar-refractivity contribution in [3.8, 4) is 0 Å². The molecule has 0 saturated carbocycles. The molecule has 0 aliphatic rings. The number of fused-ring (bicyclic) bond motifs is 1. The fourth-order valence-electron chi connectivity index (χ4n) is 10.6. The minimum atomic E-state index is -1.40. The molecule has 0 radical (unpaired) electrons. The molecule has 3 rings (SSSR count). The first-order chi connectivity index (χ1) is 44.7. The Balaban J connectivity index is 1.97. The molecule has 0 fully saturated rings. The molecule has 0 saturated heterocycles. The van der Waals surface area contributed by atoms with Crippen LogP contribution in [0.15, 0.2) is 66.4 Å². The number of alkyl carbamates (subject to hydrolysis) is 1. The summed E-state index contributed by atoms with van der Waals surface area (Å²) in [6.07, 6.45) is 1.03. The number of methoxy groups -OCH3 is 2. The maximum atomic E-state index is 15.4. The normalized spacial score (nSPS) is 14.0. The molecule has 3 aromatic rings. The second-order valence-corrected chi connectivity index (χ2v) is 26.9. The zero-order valence-corrected chi connectivity index (χ0v) is 59.2. The highest BCUT2D eigenvalue weighted by molar-refractivity contribution is 6.00. The highest BCUT2D eigenvalue weighted by Crippen LogP contribution is 2.37. The number of primary amides is 1. The number of nitrogens with two attached hydrogens (primary N) is 1. The zero-order valence-electron chi connectivity index (χ0n) is 59.2. The van der Waals surface area contributed by atoms with Crippen LogP contribution in [0.25, 0.3) is 10.9 Å². The summed E-state index contributed by atoms with van der Waals surface area (Å²) in [4.78, 5) is 164. The van der Waals surface area contributed by atoms with Gasteiger partial charge in [-0.3, -0.25) is 43.3 Å². The smallest absolute Gasteiger partial charge is 0.410 e. The summed E-state index contributed by atoms with van der Waals surface area (Å²) in [7, 11) is 7.08. The maximum Gasteiger partial charge on any atom is 0.410 e. The molecule has 1 aromatic heterocycles. The van der Waals surface area contributed by atoms with Gasteiger partial charge in [0.25, 0.3) is 0 Å². The van der Waals surface area contributed by atoms with Crippen LogP contribution in [-0.4, -0.2) is 175 Å². The van der Waals surface area contributed by atoms with E-state index in [2.05, 4.69) is 37.2 Å². The van der Waals surface area contributed by atoms with Gasteiger partial charge in [0.05, 0.1) is 26.9 Å². The van der Waals surface area contributed by atoms with Crippen molar-refractivity contribution in [3.63, 3.8) is 0 Å². The third-order valence-corrected chi connectivity index (χ3v) is 15.9. The number of urea groups is 1. The molecular weight excluding hydrogens is 1240 g/mol. The molecule has 0 bridgehead atoms. The zero-order chi connectivity index (χ0) is 72.7.